The highest BCUT2D eigenvalue weighted by Gasteiger charge is 2.19. The van der Waals surface area contributed by atoms with E-state index >= 15 is 0 Å². The first kappa shape index (κ1) is 23.3. The highest BCUT2D eigenvalue weighted by molar-refractivity contribution is 7.99. The van der Waals surface area contributed by atoms with Crippen molar-refractivity contribution in [2.24, 2.45) is 0 Å². The molecule has 0 aliphatic heterocycles. The van der Waals surface area contributed by atoms with E-state index in [4.69, 9.17) is 9.47 Å². The molecular formula is C25H23FN4O3S. The number of aromatic nitrogens is 3. The standard InChI is InChI=1S/C25H23FN4O3S/c1-16-8-10-18(11-9-16)30-24(21-6-4-5-7-22(21)26)28-29-25(30)34-15-23(31)27-17-12-19(32-2)14-20(13-17)33-3/h4-14H,15H2,1-3H3,(H,27,31). The predicted molar refractivity (Wildman–Crippen MR) is 130 cm³/mol. The Kier molecular flexibility index (Phi) is 7.12. The Morgan fingerprint density at radius 1 is 1.00 bits per heavy atom. The van der Waals surface area contributed by atoms with Crippen LogP contribution in [0.4, 0.5) is 10.1 Å². The number of amides is 1. The van der Waals surface area contributed by atoms with E-state index < -0.39 is 5.82 Å². The quantitative estimate of drug-likeness (QED) is 0.354. The maximum atomic E-state index is 14.6. The summed E-state index contributed by atoms with van der Waals surface area (Å²) < 4.78 is 26.8. The molecule has 1 amide bonds. The van der Waals surface area contributed by atoms with Crippen molar-refractivity contribution in [1.82, 2.24) is 14.8 Å². The molecular weight excluding hydrogens is 455 g/mol. The van der Waals surface area contributed by atoms with Crippen LogP contribution >= 0.6 is 11.8 Å². The molecule has 174 valence electrons. The van der Waals surface area contributed by atoms with Crippen molar-refractivity contribution in [3.8, 4) is 28.6 Å². The van der Waals surface area contributed by atoms with Crippen LogP contribution in [0.5, 0.6) is 11.5 Å². The molecule has 0 fully saturated rings. The summed E-state index contributed by atoms with van der Waals surface area (Å²) in [6.07, 6.45) is 0. The number of anilines is 1. The molecule has 0 aliphatic carbocycles. The molecule has 1 N–H and O–H groups in total. The van der Waals surface area contributed by atoms with Crippen LogP contribution in [0.15, 0.2) is 71.9 Å². The molecule has 0 atom stereocenters. The molecule has 0 saturated carbocycles. The van der Waals surface area contributed by atoms with Crippen molar-refractivity contribution < 1.29 is 18.7 Å². The molecule has 0 bridgehead atoms. The molecule has 4 aromatic rings. The second-order valence-electron chi connectivity index (χ2n) is 7.40. The highest BCUT2D eigenvalue weighted by Crippen LogP contribution is 2.30. The van der Waals surface area contributed by atoms with Gasteiger partial charge in [-0.25, -0.2) is 4.39 Å². The van der Waals surface area contributed by atoms with E-state index in [2.05, 4.69) is 15.5 Å². The molecule has 34 heavy (non-hydrogen) atoms. The Hall–Kier alpha value is -3.85. The second kappa shape index (κ2) is 10.4. The van der Waals surface area contributed by atoms with Crippen LogP contribution in [0.2, 0.25) is 0 Å². The molecule has 3 aromatic carbocycles. The third kappa shape index (κ3) is 5.20. The maximum absolute atomic E-state index is 14.6. The van der Waals surface area contributed by atoms with Crippen LogP contribution in [-0.2, 0) is 4.79 Å². The van der Waals surface area contributed by atoms with Crippen LogP contribution in [0.25, 0.3) is 17.1 Å². The summed E-state index contributed by atoms with van der Waals surface area (Å²) in [5.41, 5.74) is 2.74. The van der Waals surface area contributed by atoms with Crippen LogP contribution in [0.1, 0.15) is 5.56 Å². The molecule has 0 radical (unpaired) electrons. The average Bonchev–Trinajstić information content (AvgIpc) is 3.27. The number of carbonyl (C=O) groups excluding carboxylic acids is 1. The van der Waals surface area contributed by atoms with E-state index in [0.717, 1.165) is 11.3 Å². The lowest BCUT2D eigenvalue weighted by molar-refractivity contribution is -0.113. The lowest BCUT2D eigenvalue weighted by atomic mass is 10.2. The van der Waals surface area contributed by atoms with Gasteiger partial charge in [-0.2, -0.15) is 0 Å². The van der Waals surface area contributed by atoms with E-state index in [-0.39, 0.29) is 11.7 Å². The van der Waals surface area contributed by atoms with Gasteiger partial charge < -0.3 is 14.8 Å². The number of nitrogens with zero attached hydrogens (tertiary/aromatic N) is 3. The van der Waals surface area contributed by atoms with Crippen molar-refractivity contribution in [2.75, 3.05) is 25.3 Å². The van der Waals surface area contributed by atoms with Gasteiger partial charge in [-0.3, -0.25) is 9.36 Å². The molecule has 1 aromatic heterocycles. The van der Waals surface area contributed by atoms with E-state index in [0.29, 0.717) is 33.7 Å². The predicted octanol–water partition coefficient (Wildman–Crippen LogP) is 5.13. The number of hydrogen-bond donors (Lipinski definition) is 1. The molecule has 4 rings (SSSR count). The minimum absolute atomic E-state index is 0.0702. The van der Waals surface area contributed by atoms with Gasteiger partial charge in [0.25, 0.3) is 0 Å². The van der Waals surface area contributed by atoms with E-state index in [1.165, 1.54) is 17.8 Å². The van der Waals surface area contributed by atoms with Gasteiger partial charge >= 0.3 is 0 Å². The van der Waals surface area contributed by atoms with Crippen LogP contribution < -0.4 is 14.8 Å². The van der Waals surface area contributed by atoms with Crippen molar-refractivity contribution >= 4 is 23.4 Å². The highest BCUT2D eigenvalue weighted by atomic mass is 32.2. The smallest absolute Gasteiger partial charge is 0.234 e. The van der Waals surface area contributed by atoms with Crippen LogP contribution in [0, 0.1) is 12.7 Å². The number of ether oxygens (including phenoxy) is 2. The Labute approximate surface area is 200 Å². The van der Waals surface area contributed by atoms with Gasteiger partial charge in [0.05, 0.1) is 25.5 Å². The summed E-state index contributed by atoms with van der Waals surface area (Å²) in [4.78, 5) is 12.7. The summed E-state index contributed by atoms with van der Waals surface area (Å²) in [7, 11) is 3.09. The largest absolute Gasteiger partial charge is 0.497 e. The number of rotatable bonds is 8. The SMILES string of the molecule is COc1cc(NC(=O)CSc2nnc(-c3ccccc3F)n2-c2ccc(C)cc2)cc(OC)c1. The Morgan fingerprint density at radius 2 is 1.68 bits per heavy atom. The maximum Gasteiger partial charge on any atom is 0.234 e. The Balaban J connectivity index is 1.59. The normalized spacial score (nSPS) is 10.7. The van der Waals surface area contributed by atoms with Crippen molar-refractivity contribution in [1.29, 1.82) is 0 Å². The lowest BCUT2D eigenvalue weighted by Gasteiger charge is -2.12. The van der Waals surface area contributed by atoms with Gasteiger partial charge in [0.1, 0.15) is 17.3 Å². The number of aryl methyl sites for hydroxylation is 1. The topological polar surface area (TPSA) is 78.3 Å². The van der Waals surface area contributed by atoms with E-state index in [1.54, 1.807) is 55.2 Å². The lowest BCUT2D eigenvalue weighted by Crippen LogP contribution is -2.14. The minimum Gasteiger partial charge on any atom is -0.497 e. The number of benzene rings is 3. The van der Waals surface area contributed by atoms with Gasteiger partial charge in [-0.15, -0.1) is 10.2 Å². The van der Waals surface area contributed by atoms with Gasteiger partial charge in [0.15, 0.2) is 11.0 Å². The zero-order chi connectivity index (χ0) is 24.1. The summed E-state index contributed by atoms with van der Waals surface area (Å²) in [6, 6.07) is 19.3. The summed E-state index contributed by atoms with van der Waals surface area (Å²) in [6.45, 7) is 1.99. The third-order valence-electron chi connectivity index (χ3n) is 5.01. The Bertz CT molecular complexity index is 1290. The fraction of sp³-hybridized carbons (Fsp3) is 0.160. The van der Waals surface area contributed by atoms with Gasteiger partial charge in [0, 0.05) is 29.6 Å². The van der Waals surface area contributed by atoms with Crippen LogP contribution in [0.3, 0.4) is 0 Å². The number of hydrogen-bond acceptors (Lipinski definition) is 6. The van der Waals surface area contributed by atoms with Crippen molar-refractivity contribution in [2.45, 2.75) is 12.1 Å². The van der Waals surface area contributed by atoms with Crippen LogP contribution in [-0.4, -0.2) is 40.6 Å². The van der Waals surface area contributed by atoms with Crippen molar-refractivity contribution in [3.05, 3.63) is 78.1 Å². The molecule has 0 saturated heterocycles. The zero-order valence-corrected chi connectivity index (χ0v) is 19.7. The van der Waals surface area contributed by atoms with E-state index in [1.807, 2.05) is 31.2 Å². The van der Waals surface area contributed by atoms with E-state index in [9.17, 15) is 9.18 Å². The first-order chi connectivity index (χ1) is 16.5. The minimum atomic E-state index is -0.399. The second-order valence-corrected chi connectivity index (χ2v) is 8.34. The molecule has 7 nitrogen and oxygen atoms in total. The van der Waals surface area contributed by atoms with Gasteiger partial charge in [-0.05, 0) is 31.2 Å². The third-order valence-corrected chi connectivity index (χ3v) is 5.94. The summed E-state index contributed by atoms with van der Waals surface area (Å²) >= 11 is 1.21. The Morgan fingerprint density at radius 3 is 2.32 bits per heavy atom. The van der Waals surface area contributed by atoms with Crippen molar-refractivity contribution in [3.63, 3.8) is 0 Å². The number of methoxy groups -OCH3 is 2. The monoisotopic (exact) mass is 478 g/mol. The summed E-state index contributed by atoms with van der Waals surface area (Å²) in [5.74, 6) is 0.922. The molecule has 0 unspecified atom stereocenters. The number of nitrogens with one attached hydrogen (secondary N) is 1. The number of thioether (sulfide) groups is 1. The summed E-state index contributed by atoms with van der Waals surface area (Å²) in [5, 5.41) is 11.8. The first-order valence-corrected chi connectivity index (χ1v) is 11.4. The molecule has 0 spiro atoms. The fourth-order valence-corrected chi connectivity index (χ4v) is 4.07. The molecule has 0 aliphatic rings. The first-order valence-electron chi connectivity index (χ1n) is 10.4. The average molecular weight is 479 g/mol. The van der Waals surface area contributed by atoms with Gasteiger partial charge in [-0.1, -0.05) is 41.6 Å². The number of halogens is 1. The number of carbonyl (C=O) groups is 1. The zero-order valence-electron chi connectivity index (χ0n) is 18.9. The molecule has 9 heteroatoms. The fourth-order valence-electron chi connectivity index (χ4n) is 3.31. The molecule has 1 heterocycles. The van der Waals surface area contributed by atoms with Gasteiger partial charge in [0.2, 0.25) is 5.91 Å².